The fraction of sp³-hybridized carbons (Fsp3) is 0.0667. The number of benzene rings is 1. The van der Waals surface area contributed by atoms with Crippen molar-refractivity contribution in [3.05, 3.63) is 65.3 Å². The van der Waals surface area contributed by atoms with Gasteiger partial charge in [0.1, 0.15) is 5.82 Å². The first-order chi connectivity index (χ1) is 10.2. The van der Waals surface area contributed by atoms with E-state index in [9.17, 15) is 4.39 Å². The zero-order valence-electron chi connectivity index (χ0n) is 11.0. The Labute approximate surface area is 126 Å². The number of aromatic nitrogens is 3. The van der Waals surface area contributed by atoms with Crippen LogP contribution in [0.3, 0.4) is 0 Å². The van der Waals surface area contributed by atoms with Crippen molar-refractivity contribution in [2.45, 2.75) is 6.54 Å². The highest BCUT2D eigenvalue weighted by molar-refractivity contribution is 6.30. The molecular formula is C15H12ClFN4. The Hall–Kier alpha value is -2.40. The van der Waals surface area contributed by atoms with Gasteiger partial charge in [-0.15, -0.1) is 0 Å². The van der Waals surface area contributed by atoms with E-state index in [-0.39, 0.29) is 5.82 Å². The lowest BCUT2D eigenvalue weighted by Gasteiger charge is -2.08. The van der Waals surface area contributed by atoms with Crippen molar-refractivity contribution in [2.75, 3.05) is 5.32 Å². The second kappa shape index (κ2) is 5.93. The van der Waals surface area contributed by atoms with Gasteiger partial charge in [-0.05, 0) is 30.3 Å². The smallest absolute Gasteiger partial charge is 0.146 e. The summed E-state index contributed by atoms with van der Waals surface area (Å²) in [5.74, 6) is -0.342. The third-order valence-electron chi connectivity index (χ3n) is 3.07. The summed E-state index contributed by atoms with van der Waals surface area (Å²) in [6.45, 7) is 0.429. The average molecular weight is 303 g/mol. The molecule has 3 rings (SSSR count). The first kappa shape index (κ1) is 13.6. The van der Waals surface area contributed by atoms with Gasteiger partial charge in [-0.3, -0.25) is 10.1 Å². The maximum absolute atomic E-state index is 13.7. The third-order valence-corrected chi connectivity index (χ3v) is 3.30. The molecule has 4 nitrogen and oxygen atoms in total. The van der Waals surface area contributed by atoms with Crippen LogP contribution in [0.2, 0.25) is 5.02 Å². The summed E-state index contributed by atoms with van der Waals surface area (Å²) in [6, 6.07) is 8.19. The quantitative estimate of drug-likeness (QED) is 0.769. The van der Waals surface area contributed by atoms with Crippen molar-refractivity contribution in [1.29, 1.82) is 0 Å². The van der Waals surface area contributed by atoms with Crippen LogP contribution in [0.5, 0.6) is 0 Å². The van der Waals surface area contributed by atoms with E-state index < -0.39 is 0 Å². The van der Waals surface area contributed by atoms with Crippen LogP contribution in [0, 0.1) is 5.82 Å². The Morgan fingerprint density at radius 1 is 1.24 bits per heavy atom. The summed E-state index contributed by atoms with van der Waals surface area (Å²) >= 11 is 5.87. The molecule has 0 unspecified atom stereocenters. The van der Waals surface area contributed by atoms with Crippen molar-refractivity contribution < 1.29 is 4.39 Å². The van der Waals surface area contributed by atoms with Gasteiger partial charge < -0.3 is 5.32 Å². The average Bonchev–Trinajstić information content (AvgIpc) is 2.97. The summed E-state index contributed by atoms with van der Waals surface area (Å²) in [4.78, 5) is 4.08. The number of H-pyrrole nitrogens is 1. The summed E-state index contributed by atoms with van der Waals surface area (Å²) in [5, 5.41) is 10.5. The molecule has 0 saturated carbocycles. The largest absolute Gasteiger partial charge is 0.378 e. The fourth-order valence-corrected chi connectivity index (χ4v) is 2.20. The van der Waals surface area contributed by atoms with Crippen molar-refractivity contribution in [3.8, 4) is 11.3 Å². The molecule has 21 heavy (non-hydrogen) atoms. The summed E-state index contributed by atoms with van der Waals surface area (Å²) in [5.41, 5.74) is 3.07. The van der Waals surface area contributed by atoms with E-state index in [2.05, 4.69) is 20.5 Å². The van der Waals surface area contributed by atoms with Gasteiger partial charge in [-0.1, -0.05) is 11.6 Å². The van der Waals surface area contributed by atoms with E-state index in [0.717, 1.165) is 16.8 Å². The van der Waals surface area contributed by atoms with Crippen LogP contribution in [0.15, 0.2) is 48.9 Å². The minimum absolute atomic E-state index is 0.342. The normalized spacial score (nSPS) is 10.6. The predicted octanol–water partition coefficient (Wildman–Crippen LogP) is 3.88. The lowest BCUT2D eigenvalue weighted by atomic mass is 10.1. The first-order valence-electron chi connectivity index (χ1n) is 6.35. The number of pyridine rings is 1. The highest BCUT2D eigenvalue weighted by Gasteiger charge is 2.09. The monoisotopic (exact) mass is 302 g/mol. The number of hydrogen-bond donors (Lipinski definition) is 2. The van der Waals surface area contributed by atoms with Crippen LogP contribution in [-0.4, -0.2) is 15.2 Å². The number of rotatable bonds is 4. The van der Waals surface area contributed by atoms with Gasteiger partial charge in [-0.2, -0.15) is 5.10 Å². The molecule has 0 saturated heterocycles. The van der Waals surface area contributed by atoms with E-state index in [1.165, 1.54) is 12.1 Å². The molecule has 2 heterocycles. The maximum atomic E-state index is 13.7. The van der Waals surface area contributed by atoms with Crippen LogP contribution >= 0.6 is 11.6 Å². The minimum atomic E-state index is -0.342. The molecule has 0 aliphatic heterocycles. The highest BCUT2D eigenvalue weighted by Crippen LogP contribution is 2.23. The highest BCUT2D eigenvalue weighted by atomic mass is 35.5. The Kier molecular flexibility index (Phi) is 3.83. The number of halogens is 2. The summed E-state index contributed by atoms with van der Waals surface area (Å²) in [7, 11) is 0. The number of nitrogens with zero attached hydrogens (tertiary/aromatic N) is 2. The summed E-state index contributed by atoms with van der Waals surface area (Å²) < 4.78 is 13.7. The Morgan fingerprint density at radius 3 is 2.95 bits per heavy atom. The molecule has 2 aromatic heterocycles. The molecule has 2 N–H and O–H groups in total. The van der Waals surface area contributed by atoms with Gasteiger partial charge in [-0.25, -0.2) is 4.39 Å². The van der Waals surface area contributed by atoms with Crippen molar-refractivity contribution in [1.82, 2.24) is 15.2 Å². The maximum Gasteiger partial charge on any atom is 0.146 e. The molecule has 1 aromatic carbocycles. The number of aromatic amines is 1. The SMILES string of the molecule is Fc1ccc(Cl)cc1NCc1cn[nH]c1-c1cccnc1. The lowest BCUT2D eigenvalue weighted by molar-refractivity contribution is 0.630. The van der Waals surface area contributed by atoms with Crippen LogP contribution in [0.1, 0.15) is 5.56 Å². The van der Waals surface area contributed by atoms with Gasteiger partial charge in [0.25, 0.3) is 0 Å². The van der Waals surface area contributed by atoms with Gasteiger partial charge in [0.2, 0.25) is 0 Å². The van der Waals surface area contributed by atoms with Gasteiger partial charge >= 0.3 is 0 Å². The molecule has 3 aromatic rings. The minimum Gasteiger partial charge on any atom is -0.378 e. The van der Waals surface area contributed by atoms with Crippen molar-refractivity contribution in [3.63, 3.8) is 0 Å². The molecule has 0 bridgehead atoms. The number of nitrogens with one attached hydrogen (secondary N) is 2. The van der Waals surface area contributed by atoms with Crippen molar-refractivity contribution >= 4 is 17.3 Å². The molecule has 0 atom stereocenters. The standard InChI is InChI=1S/C15H12ClFN4/c16-12-3-4-13(17)14(6-12)19-8-11-9-20-21-15(11)10-2-1-5-18-7-10/h1-7,9,19H,8H2,(H,20,21). The van der Waals surface area contributed by atoms with Crippen LogP contribution in [-0.2, 0) is 6.54 Å². The molecule has 0 aliphatic rings. The van der Waals surface area contributed by atoms with Gasteiger partial charge in [0.15, 0.2) is 0 Å². The first-order valence-corrected chi connectivity index (χ1v) is 6.73. The van der Waals surface area contributed by atoms with E-state index in [4.69, 9.17) is 11.6 Å². The molecule has 0 amide bonds. The van der Waals surface area contributed by atoms with Crippen LogP contribution < -0.4 is 5.32 Å². The van der Waals surface area contributed by atoms with E-state index in [1.807, 2.05) is 12.1 Å². The molecule has 106 valence electrons. The second-order valence-corrected chi connectivity index (χ2v) is 4.93. The van der Waals surface area contributed by atoms with Gasteiger partial charge in [0, 0.05) is 35.1 Å². The van der Waals surface area contributed by atoms with E-state index in [1.54, 1.807) is 24.7 Å². The number of anilines is 1. The molecule has 0 fully saturated rings. The van der Waals surface area contributed by atoms with E-state index >= 15 is 0 Å². The molecule has 0 radical (unpaired) electrons. The molecule has 0 spiro atoms. The Bertz CT molecular complexity index is 742. The van der Waals surface area contributed by atoms with Crippen molar-refractivity contribution in [2.24, 2.45) is 0 Å². The topological polar surface area (TPSA) is 53.6 Å². The molecule has 0 aliphatic carbocycles. The van der Waals surface area contributed by atoms with Gasteiger partial charge in [0.05, 0.1) is 17.6 Å². The van der Waals surface area contributed by atoms with Crippen LogP contribution in [0.25, 0.3) is 11.3 Å². The predicted molar refractivity (Wildman–Crippen MR) is 80.6 cm³/mol. The molecule has 6 heteroatoms. The third kappa shape index (κ3) is 3.03. The fourth-order valence-electron chi connectivity index (χ4n) is 2.03. The zero-order chi connectivity index (χ0) is 14.7. The number of hydrogen-bond acceptors (Lipinski definition) is 3. The summed E-state index contributed by atoms with van der Waals surface area (Å²) in [6.07, 6.45) is 5.16. The zero-order valence-corrected chi connectivity index (χ0v) is 11.7. The Morgan fingerprint density at radius 2 is 2.14 bits per heavy atom. The molecular weight excluding hydrogens is 291 g/mol. The lowest BCUT2D eigenvalue weighted by Crippen LogP contribution is -2.02. The van der Waals surface area contributed by atoms with E-state index in [0.29, 0.717) is 17.3 Å². The second-order valence-electron chi connectivity index (χ2n) is 4.49. The Balaban J connectivity index is 1.81. The van der Waals surface area contributed by atoms with Crippen LogP contribution in [0.4, 0.5) is 10.1 Å².